The van der Waals surface area contributed by atoms with Crippen LogP contribution in [0, 0.1) is 11.8 Å². The number of aliphatic hydroxyl groups is 1. The number of hydrogen-bond acceptors (Lipinski definition) is 4. The molecule has 1 aliphatic heterocycles. The van der Waals surface area contributed by atoms with Crippen molar-refractivity contribution in [2.75, 3.05) is 13.2 Å². The summed E-state index contributed by atoms with van der Waals surface area (Å²) >= 11 is 1.37. The Kier molecular flexibility index (Phi) is 4.81. The topological polar surface area (TPSA) is 58.6 Å². The maximum Gasteiger partial charge on any atom is 0.262 e. The molecule has 1 fully saturated rings. The molecule has 1 atom stereocenters. The largest absolute Gasteiger partial charge is 0.384 e. The zero-order valence-electron chi connectivity index (χ0n) is 11.7. The summed E-state index contributed by atoms with van der Waals surface area (Å²) in [7, 11) is 0. The third-order valence-corrected chi connectivity index (χ3v) is 4.12. The van der Waals surface area contributed by atoms with Gasteiger partial charge in [-0.15, -0.1) is 11.3 Å². The van der Waals surface area contributed by atoms with Crippen molar-refractivity contribution in [1.29, 1.82) is 0 Å². The first-order valence-electron chi connectivity index (χ1n) is 6.64. The lowest BCUT2D eigenvalue weighted by Gasteiger charge is -2.35. The van der Waals surface area contributed by atoms with E-state index in [4.69, 9.17) is 9.84 Å². The molecular weight excluding hydrogens is 274 g/mol. The van der Waals surface area contributed by atoms with Crippen LogP contribution in [0.15, 0.2) is 11.4 Å². The minimum atomic E-state index is -0.203. The highest BCUT2D eigenvalue weighted by Crippen LogP contribution is 2.24. The second kappa shape index (κ2) is 6.40. The molecule has 1 unspecified atom stereocenters. The molecule has 0 radical (unpaired) electrons. The molecule has 4 nitrogen and oxygen atoms in total. The first-order chi connectivity index (χ1) is 9.52. The van der Waals surface area contributed by atoms with E-state index in [1.54, 1.807) is 6.07 Å². The number of hydrogen-bond donors (Lipinski definition) is 2. The van der Waals surface area contributed by atoms with E-state index in [-0.39, 0.29) is 24.2 Å². The van der Waals surface area contributed by atoms with Crippen molar-refractivity contribution in [1.82, 2.24) is 5.32 Å². The summed E-state index contributed by atoms with van der Waals surface area (Å²) in [5, 5.41) is 13.6. The van der Waals surface area contributed by atoms with Crippen LogP contribution in [0.1, 0.15) is 41.9 Å². The van der Waals surface area contributed by atoms with Crippen LogP contribution in [0.2, 0.25) is 0 Å². The van der Waals surface area contributed by atoms with Gasteiger partial charge in [-0.3, -0.25) is 4.79 Å². The molecule has 5 heteroatoms. The Morgan fingerprint density at radius 3 is 3.15 bits per heavy atom. The fourth-order valence-electron chi connectivity index (χ4n) is 2.32. The van der Waals surface area contributed by atoms with Crippen molar-refractivity contribution < 1.29 is 14.6 Å². The summed E-state index contributed by atoms with van der Waals surface area (Å²) in [6.45, 7) is 4.54. The van der Waals surface area contributed by atoms with Crippen molar-refractivity contribution in [3.05, 3.63) is 21.9 Å². The molecule has 0 aliphatic carbocycles. The van der Waals surface area contributed by atoms with Crippen molar-refractivity contribution in [3.63, 3.8) is 0 Å². The van der Waals surface area contributed by atoms with E-state index < -0.39 is 0 Å². The number of carbonyl (C=O) groups excluding carboxylic acids is 1. The molecular formula is C15H19NO3S. The first-order valence-corrected chi connectivity index (χ1v) is 7.52. The highest BCUT2D eigenvalue weighted by Gasteiger charge is 2.30. The van der Waals surface area contributed by atoms with Gasteiger partial charge in [0.2, 0.25) is 0 Å². The monoisotopic (exact) mass is 293 g/mol. The predicted octanol–water partition coefficient (Wildman–Crippen LogP) is 1.78. The lowest BCUT2D eigenvalue weighted by molar-refractivity contribution is -0.0615. The van der Waals surface area contributed by atoms with Gasteiger partial charge in [0.05, 0.1) is 5.60 Å². The van der Waals surface area contributed by atoms with Crippen LogP contribution in [-0.2, 0) is 4.74 Å². The van der Waals surface area contributed by atoms with Gasteiger partial charge in [0.15, 0.2) is 0 Å². The molecule has 2 N–H and O–H groups in total. The van der Waals surface area contributed by atoms with Crippen molar-refractivity contribution >= 4 is 17.2 Å². The van der Waals surface area contributed by atoms with Gasteiger partial charge in [-0.1, -0.05) is 11.8 Å². The molecule has 20 heavy (non-hydrogen) atoms. The van der Waals surface area contributed by atoms with E-state index in [1.807, 2.05) is 19.2 Å². The Morgan fingerprint density at radius 2 is 2.45 bits per heavy atom. The molecule has 0 spiro atoms. The zero-order chi connectivity index (χ0) is 14.6. The van der Waals surface area contributed by atoms with E-state index in [2.05, 4.69) is 17.2 Å². The third-order valence-electron chi connectivity index (χ3n) is 3.21. The van der Waals surface area contributed by atoms with E-state index >= 15 is 0 Å². The fourth-order valence-corrected chi connectivity index (χ4v) is 3.08. The van der Waals surface area contributed by atoms with Gasteiger partial charge in [0.1, 0.15) is 11.5 Å². The molecule has 0 saturated carbocycles. The van der Waals surface area contributed by atoms with Gasteiger partial charge in [-0.05, 0) is 38.1 Å². The van der Waals surface area contributed by atoms with E-state index in [9.17, 15) is 4.79 Å². The predicted molar refractivity (Wildman–Crippen MR) is 78.8 cm³/mol. The van der Waals surface area contributed by atoms with Gasteiger partial charge in [0.25, 0.3) is 5.91 Å². The molecule has 1 amide bonds. The van der Waals surface area contributed by atoms with Gasteiger partial charge in [0, 0.05) is 18.2 Å². The Morgan fingerprint density at radius 1 is 1.65 bits per heavy atom. The summed E-state index contributed by atoms with van der Waals surface area (Å²) in [5.41, 5.74) is 0.485. The highest BCUT2D eigenvalue weighted by atomic mass is 32.1. The number of aliphatic hydroxyl groups excluding tert-OH is 1. The normalized spacial score (nSPS) is 20.9. The summed E-state index contributed by atoms with van der Waals surface area (Å²) in [6.07, 6.45) is 1.64. The minimum absolute atomic E-state index is 0.0926. The summed E-state index contributed by atoms with van der Waals surface area (Å²) in [4.78, 5) is 12.9. The highest BCUT2D eigenvalue weighted by molar-refractivity contribution is 7.12. The smallest absolute Gasteiger partial charge is 0.262 e. The van der Waals surface area contributed by atoms with Crippen LogP contribution in [0.4, 0.5) is 0 Å². The van der Waals surface area contributed by atoms with Crippen LogP contribution < -0.4 is 5.32 Å². The Balaban J connectivity index is 2.03. The number of carbonyl (C=O) groups is 1. The second-order valence-electron chi connectivity index (χ2n) is 5.39. The number of ether oxygens (including phenoxy) is 1. The van der Waals surface area contributed by atoms with Crippen LogP contribution in [0.3, 0.4) is 0 Å². The standard InChI is InChI=1S/C15H19NO3S/c1-15(2)10-12(5-8-19-15)16-14(18)13-11(4-3-7-17)6-9-20-13/h6,9,12,17H,5,7-8,10H2,1-2H3,(H,16,18). The number of amides is 1. The Labute approximate surface area is 123 Å². The number of nitrogens with one attached hydrogen (secondary N) is 1. The molecule has 2 heterocycles. The van der Waals surface area contributed by atoms with E-state index in [1.165, 1.54) is 11.3 Å². The van der Waals surface area contributed by atoms with Crippen molar-refractivity contribution in [2.24, 2.45) is 0 Å². The Bertz CT molecular complexity index is 539. The fraction of sp³-hybridized carbons (Fsp3) is 0.533. The molecule has 1 saturated heterocycles. The number of thiophene rings is 1. The van der Waals surface area contributed by atoms with Crippen molar-refractivity contribution in [2.45, 2.75) is 38.3 Å². The lowest BCUT2D eigenvalue weighted by Crippen LogP contribution is -2.45. The quantitative estimate of drug-likeness (QED) is 0.817. The molecule has 1 aliphatic rings. The summed E-state index contributed by atoms with van der Waals surface area (Å²) in [5.74, 6) is 5.28. The number of rotatable bonds is 2. The summed E-state index contributed by atoms with van der Waals surface area (Å²) < 4.78 is 5.65. The van der Waals surface area contributed by atoms with Gasteiger partial charge in [-0.25, -0.2) is 0 Å². The SMILES string of the molecule is CC1(C)CC(NC(=O)c2sccc2C#CCO)CCO1. The average Bonchev–Trinajstić information content (AvgIpc) is 2.83. The molecule has 108 valence electrons. The summed E-state index contributed by atoms with van der Waals surface area (Å²) in [6, 6.07) is 1.93. The van der Waals surface area contributed by atoms with E-state index in [0.717, 1.165) is 12.8 Å². The van der Waals surface area contributed by atoms with Crippen LogP contribution in [0.5, 0.6) is 0 Å². The van der Waals surface area contributed by atoms with E-state index in [0.29, 0.717) is 17.0 Å². The minimum Gasteiger partial charge on any atom is -0.384 e. The second-order valence-corrected chi connectivity index (χ2v) is 6.31. The van der Waals surface area contributed by atoms with Gasteiger partial charge in [-0.2, -0.15) is 0 Å². The zero-order valence-corrected chi connectivity index (χ0v) is 12.5. The molecule has 0 aromatic carbocycles. The third kappa shape index (κ3) is 3.83. The van der Waals surface area contributed by atoms with Gasteiger partial charge < -0.3 is 15.2 Å². The first kappa shape index (κ1) is 15.0. The molecule has 2 rings (SSSR count). The molecule has 0 bridgehead atoms. The van der Waals surface area contributed by atoms with Crippen LogP contribution >= 0.6 is 11.3 Å². The van der Waals surface area contributed by atoms with Gasteiger partial charge >= 0.3 is 0 Å². The maximum absolute atomic E-state index is 12.3. The lowest BCUT2D eigenvalue weighted by atomic mass is 9.94. The van der Waals surface area contributed by atoms with Crippen LogP contribution in [-0.4, -0.2) is 35.9 Å². The Hall–Kier alpha value is -1.35. The van der Waals surface area contributed by atoms with Crippen molar-refractivity contribution in [3.8, 4) is 11.8 Å². The molecule has 1 aromatic rings. The van der Waals surface area contributed by atoms with Crippen LogP contribution in [0.25, 0.3) is 0 Å². The average molecular weight is 293 g/mol. The maximum atomic E-state index is 12.3. The molecule has 1 aromatic heterocycles.